The van der Waals surface area contributed by atoms with E-state index in [-0.39, 0.29) is 0 Å². The molecule has 1 aromatic rings. The Kier molecular flexibility index (Phi) is 3.43. The molecule has 4 heteroatoms. The Balaban J connectivity index is 3.04. The van der Waals surface area contributed by atoms with E-state index >= 15 is 0 Å². The third-order valence-corrected chi connectivity index (χ3v) is 2.27. The van der Waals surface area contributed by atoms with Crippen LogP contribution in [0.25, 0.3) is 0 Å². The van der Waals surface area contributed by atoms with Crippen LogP contribution in [-0.2, 0) is 6.16 Å². The second kappa shape index (κ2) is 4.19. The van der Waals surface area contributed by atoms with Crippen molar-refractivity contribution in [3.05, 3.63) is 11.6 Å². The van der Waals surface area contributed by atoms with Gasteiger partial charge in [-0.1, -0.05) is 13.8 Å². The van der Waals surface area contributed by atoms with Gasteiger partial charge in [-0.2, -0.15) is 5.10 Å². The highest BCUT2D eigenvalue weighted by Crippen LogP contribution is 2.15. The molecule has 1 aromatic heterocycles. The van der Waals surface area contributed by atoms with E-state index in [9.17, 15) is 0 Å². The fourth-order valence-corrected chi connectivity index (χ4v) is 1.45. The zero-order valence-electron chi connectivity index (χ0n) is 8.78. The molecule has 0 saturated heterocycles. The van der Waals surface area contributed by atoms with Crippen LogP contribution < -0.4 is 0 Å². The van der Waals surface area contributed by atoms with Crippen LogP contribution in [0.3, 0.4) is 0 Å². The third-order valence-electron chi connectivity index (χ3n) is 1.91. The maximum Gasteiger partial charge on any atom is 0.153 e. The van der Waals surface area contributed by atoms with E-state index in [1.807, 2.05) is 4.68 Å². The first-order valence-electron chi connectivity index (χ1n) is 4.71. The van der Waals surface area contributed by atoms with Crippen LogP contribution in [0, 0.1) is 0 Å². The second-order valence-corrected chi connectivity index (χ2v) is 4.19. The molecule has 1 unspecified atom stereocenters. The molecule has 0 fully saturated rings. The van der Waals surface area contributed by atoms with E-state index in [2.05, 4.69) is 47.0 Å². The van der Waals surface area contributed by atoms with Crippen LogP contribution in [0.15, 0.2) is 0 Å². The van der Waals surface area contributed by atoms with E-state index in [1.54, 1.807) is 0 Å². The summed E-state index contributed by atoms with van der Waals surface area (Å²) < 4.78 is 2.00. The fourth-order valence-electron chi connectivity index (χ4n) is 1.17. The Morgan fingerprint density at radius 1 is 1.31 bits per heavy atom. The average Bonchev–Trinajstić information content (AvgIpc) is 2.47. The van der Waals surface area contributed by atoms with E-state index < -0.39 is 0 Å². The molecule has 13 heavy (non-hydrogen) atoms. The van der Waals surface area contributed by atoms with Gasteiger partial charge in [-0.25, -0.2) is 9.67 Å². The van der Waals surface area contributed by atoms with Gasteiger partial charge in [0, 0.05) is 18.1 Å². The standard InChI is InChI=1S/C9H18N3P/c1-6(2)9-10-8(5-13)12(11-9)7(3)4/h6-7H,5,13H2,1-4H3. The quantitative estimate of drug-likeness (QED) is 0.699. The van der Waals surface area contributed by atoms with Gasteiger partial charge in [0.05, 0.1) is 0 Å². The molecular formula is C9H18N3P. The van der Waals surface area contributed by atoms with Crippen molar-refractivity contribution < 1.29 is 0 Å². The van der Waals surface area contributed by atoms with Gasteiger partial charge >= 0.3 is 0 Å². The summed E-state index contributed by atoms with van der Waals surface area (Å²) in [5, 5.41) is 4.47. The van der Waals surface area contributed by atoms with Crippen molar-refractivity contribution in [3.8, 4) is 0 Å². The largest absolute Gasteiger partial charge is 0.247 e. The smallest absolute Gasteiger partial charge is 0.153 e. The highest BCUT2D eigenvalue weighted by molar-refractivity contribution is 7.15. The molecule has 0 aliphatic heterocycles. The highest BCUT2D eigenvalue weighted by Gasteiger charge is 2.12. The summed E-state index contributed by atoms with van der Waals surface area (Å²) in [5.41, 5.74) is 0. The van der Waals surface area contributed by atoms with E-state index in [4.69, 9.17) is 0 Å². The zero-order chi connectivity index (χ0) is 10.0. The first kappa shape index (κ1) is 10.6. The summed E-state index contributed by atoms with van der Waals surface area (Å²) in [6.07, 6.45) is 0.873. The monoisotopic (exact) mass is 199 g/mol. The van der Waals surface area contributed by atoms with Gasteiger partial charge in [0.2, 0.25) is 0 Å². The summed E-state index contributed by atoms with van der Waals surface area (Å²) in [4.78, 5) is 4.48. The molecule has 0 aliphatic rings. The number of aromatic nitrogens is 3. The van der Waals surface area contributed by atoms with Crippen LogP contribution in [0.2, 0.25) is 0 Å². The molecule has 0 N–H and O–H groups in total. The van der Waals surface area contributed by atoms with Gasteiger partial charge in [0.25, 0.3) is 0 Å². The molecule has 0 aliphatic carbocycles. The normalized spacial score (nSPS) is 11.6. The number of hydrogen-bond acceptors (Lipinski definition) is 2. The molecule has 0 spiro atoms. The number of nitrogens with zero attached hydrogens (tertiary/aromatic N) is 3. The van der Waals surface area contributed by atoms with Crippen molar-refractivity contribution in [1.29, 1.82) is 0 Å². The maximum absolute atomic E-state index is 4.48. The zero-order valence-corrected chi connectivity index (χ0v) is 9.94. The Labute approximate surface area is 82.1 Å². The van der Waals surface area contributed by atoms with Crippen LogP contribution in [0.4, 0.5) is 0 Å². The van der Waals surface area contributed by atoms with Crippen molar-refractivity contribution in [1.82, 2.24) is 14.8 Å². The highest BCUT2D eigenvalue weighted by atomic mass is 31.0. The van der Waals surface area contributed by atoms with E-state index in [0.29, 0.717) is 12.0 Å². The summed E-state index contributed by atoms with van der Waals surface area (Å²) in [7, 11) is 2.69. The molecule has 0 amide bonds. The summed E-state index contributed by atoms with van der Waals surface area (Å²) in [5.74, 6) is 2.42. The Morgan fingerprint density at radius 2 is 1.92 bits per heavy atom. The van der Waals surface area contributed by atoms with Gasteiger partial charge < -0.3 is 0 Å². The van der Waals surface area contributed by atoms with Crippen LogP contribution in [-0.4, -0.2) is 14.8 Å². The molecule has 0 bridgehead atoms. The van der Waals surface area contributed by atoms with Crippen molar-refractivity contribution in [2.45, 2.75) is 45.8 Å². The lowest BCUT2D eigenvalue weighted by Crippen LogP contribution is -2.06. The topological polar surface area (TPSA) is 30.7 Å². The molecular weight excluding hydrogens is 181 g/mol. The van der Waals surface area contributed by atoms with Crippen LogP contribution in [0.1, 0.15) is 51.3 Å². The summed E-state index contributed by atoms with van der Waals surface area (Å²) >= 11 is 0. The molecule has 0 radical (unpaired) electrons. The van der Waals surface area contributed by atoms with Gasteiger partial charge in [0.1, 0.15) is 5.82 Å². The Morgan fingerprint density at radius 3 is 2.23 bits per heavy atom. The van der Waals surface area contributed by atoms with Crippen molar-refractivity contribution >= 4 is 9.24 Å². The fraction of sp³-hybridized carbons (Fsp3) is 0.778. The predicted molar refractivity (Wildman–Crippen MR) is 57.9 cm³/mol. The van der Waals surface area contributed by atoms with Gasteiger partial charge in [-0.15, -0.1) is 9.24 Å². The molecule has 1 rings (SSSR count). The van der Waals surface area contributed by atoms with Gasteiger partial charge in [-0.05, 0) is 13.8 Å². The summed E-state index contributed by atoms with van der Waals surface area (Å²) in [6, 6.07) is 0.399. The van der Waals surface area contributed by atoms with Crippen molar-refractivity contribution in [2.75, 3.05) is 0 Å². The third kappa shape index (κ3) is 2.28. The molecule has 0 saturated carbocycles. The van der Waals surface area contributed by atoms with E-state index in [0.717, 1.165) is 17.8 Å². The van der Waals surface area contributed by atoms with Crippen molar-refractivity contribution in [2.24, 2.45) is 0 Å². The second-order valence-electron chi connectivity index (χ2n) is 3.78. The minimum absolute atomic E-state index is 0.399. The summed E-state index contributed by atoms with van der Waals surface area (Å²) in [6.45, 7) is 8.49. The lowest BCUT2D eigenvalue weighted by atomic mass is 10.2. The lowest BCUT2D eigenvalue weighted by Gasteiger charge is -2.06. The SMILES string of the molecule is CC(C)c1nc(CP)n(C(C)C)n1. The Bertz CT molecular complexity index is 278. The average molecular weight is 199 g/mol. The predicted octanol–water partition coefficient (Wildman–Crippen LogP) is 2.36. The van der Waals surface area contributed by atoms with Gasteiger partial charge in [0.15, 0.2) is 5.82 Å². The maximum atomic E-state index is 4.48. The lowest BCUT2D eigenvalue weighted by molar-refractivity contribution is 0.508. The first-order valence-corrected chi connectivity index (χ1v) is 5.53. The van der Waals surface area contributed by atoms with E-state index in [1.165, 1.54) is 0 Å². The number of rotatable bonds is 3. The minimum Gasteiger partial charge on any atom is -0.247 e. The Hall–Kier alpha value is -0.430. The first-order chi connectivity index (χ1) is 6.06. The number of hydrogen-bond donors (Lipinski definition) is 0. The van der Waals surface area contributed by atoms with Crippen LogP contribution >= 0.6 is 9.24 Å². The van der Waals surface area contributed by atoms with Gasteiger partial charge in [-0.3, -0.25) is 0 Å². The van der Waals surface area contributed by atoms with Crippen molar-refractivity contribution in [3.63, 3.8) is 0 Å². The molecule has 74 valence electrons. The minimum atomic E-state index is 0.399. The molecule has 3 nitrogen and oxygen atoms in total. The van der Waals surface area contributed by atoms with Crippen LogP contribution in [0.5, 0.6) is 0 Å². The molecule has 0 aromatic carbocycles. The molecule has 1 heterocycles. The molecule has 1 atom stereocenters.